The highest BCUT2D eigenvalue weighted by atomic mass is 16.2. The van der Waals surface area contributed by atoms with Gasteiger partial charge in [-0.3, -0.25) is 9.69 Å². The molecule has 4 heteroatoms. The van der Waals surface area contributed by atoms with Crippen molar-refractivity contribution in [3.63, 3.8) is 0 Å². The molecule has 0 saturated carbocycles. The van der Waals surface area contributed by atoms with E-state index in [2.05, 4.69) is 15.5 Å². The van der Waals surface area contributed by atoms with Gasteiger partial charge in [0.25, 0.3) is 0 Å². The van der Waals surface area contributed by atoms with Gasteiger partial charge < -0.3 is 10.6 Å². The molecule has 0 aliphatic carbocycles. The first-order valence-electron chi connectivity index (χ1n) is 7.43. The zero-order valence-electron chi connectivity index (χ0n) is 12.4. The zero-order chi connectivity index (χ0) is 14.4. The first-order chi connectivity index (χ1) is 9.70. The predicted molar refractivity (Wildman–Crippen MR) is 81.5 cm³/mol. The Hall–Kier alpha value is -1.39. The van der Waals surface area contributed by atoms with E-state index in [9.17, 15) is 4.79 Å². The van der Waals surface area contributed by atoms with Gasteiger partial charge in [-0.1, -0.05) is 30.3 Å². The lowest BCUT2D eigenvalue weighted by atomic mass is 10.1. The number of likely N-dealkylation sites (N-methyl/N-ethyl adjacent to an activating group) is 1. The molecule has 20 heavy (non-hydrogen) atoms. The fraction of sp³-hybridized carbons (Fsp3) is 0.562. The van der Waals surface area contributed by atoms with Crippen LogP contribution in [0.1, 0.15) is 31.4 Å². The molecule has 2 N–H and O–H groups in total. The Kier molecular flexibility index (Phi) is 5.56. The van der Waals surface area contributed by atoms with Gasteiger partial charge in [0.05, 0.1) is 12.6 Å². The van der Waals surface area contributed by atoms with E-state index in [0.29, 0.717) is 12.6 Å². The first-order valence-corrected chi connectivity index (χ1v) is 7.43. The lowest BCUT2D eigenvalue weighted by molar-refractivity contribution is -0.123. The Morgan fingerprint density at radius 2 is 2.15 bits per heavy atom. The highest BCUT2D eigenvalue weighted by molar-refractivity contribution is 5.78. The number of rotatable bonds is 6. The number of hydrogen-bond acceptors (Lipinski definition) is 3. The number of carbonyl (C=O) groups is 1. The van der Waals surface area contributed by atoms with Crippen molar-refractivity contribution in [1.82, 2.24) is 15.5 Å². The lowest BCUT2D eigenvalue weighted by Gasteiger charge is -2.24. The molecule has 2 unspecified atom stereocenters. The third-order valence-corrected chi connectivity index (χ3v) is 3.96. The van der Waals surface area contributed by atoms with Crippen LogP contribution in [0, 0.1) is 0 Å². The quantitative estimate of drug-likeness (QED) is 0.828. The van der Waals surface area contributed by atoms with Crippen LogP contribution in [0.25, 0.3) is 0 Å². The highest BCUT2D eigenvalue weighted by Crippen LogP contribution is 2.16. The number of carbonyl (C=O) groups excluding carboxylic acids is 1. The molecular formula is C16H25N3O. The molecule has 4 nitrogen and oxygen atoms in total. The standard InChI is InChI=1S/C16H25N3O/c1-13(14-7-4-3-5-8-14)18-16(20)12-19-10-6-9-15(19)11-17-2/h3-5,7-8,13,15,17H,6,9-12H2,1-2H3,(H,18,20). The second kappa shape index (κ2) is 7.41. The topological polar surface area (TPSA) is 44.4 Å². The van der Waals surface area contributed by atoms with Gasteiger partial charge in [-0.15, -0.1) is 0 Å². The smallest absolute Gasteiger partial charge is 0.234 e. The van der Waals surface area contributed by atoms with Crippen LogP contribution in [0.4, 0.5) is 0 Å². The van der Waals surface area contributed by atoms with Crippen LogP contribution in [-0.2, 0) is 4.79 Å². The summed E-state index contributed by atoms with van der Waals surface area (Å²) in [4.78, 5) is 14.4. The van der Waals surface area contributed by atoms with E-state index in [-0.39, 0.29) is 11.9 Å². The summed E-state index contributed by atoms with van der Waals surface area (Å²) in [5.74, 6) is 0.115. The molecule has 1 amide bonds. The molecule has 1 aliphatic heterocycles. The molecular weight excluding hydrogens is 250 g/mol. The first kappa shape index (κ1) is 15.0. The van der Waals surface area contributed by atoms with Gasteiger partial charge in [-0.05, 0) is 38.9 Å². The Morgan fingerprint density at radius 1 is 1.40 bits per heavy atom. The predicted octanol–water partition coefficient (Wildman–Crippen LogP) is 1.55. The van der Waals surface area contributed by atoms with Crippen LogP contribution in [0.15, 0.2) is 30.3 Å². The Bertz CT molecular complexity index is 421. The van der Waals surface area contributed by atoms with E-state index in [1.807, 2.05) is 44.3 Å². The number of benzene rings is 1. The minimum Gasteiger partial charge on any atom is -0.348 e. The largest absolute Gasteiger partial charge is 0.348 e. The Labute approximate surface area is 121 Å². The van der Waals surface area contributed by atoms with E-state index < -0.39 is 0 Å². The summed E-state index contributed by atoms with van der Waals surface area (Å²) in [6.45, 7) is 4.52. The van der Waals surface area contributed by atoms with Crippen molar-refractivity contribution in [2.24, 2.45) is 0 Å². The van der Waals surface area contributed by atoms with Gasteiger partial charge >= 0.3 is 0 Å². The van der Waals surface area contributed by atoms with Crippen molar-refractivity contribution in [2.45, 2.75) is 31.8 Å². The summed E-state index contributed by atoms with van der Waals surface area (Å²) in [6.07, 6.45) is 2.37. The summed E-state index contributed by atoms with van der Waals surface area (Å²) < 4.78 is 0. The van der Waals surface area contributed by atoms with E-state index in [4.69, 9.17) is 0 Å². The van der Waals surface area contributed by atoms with E-state index >= 15 is 0 Å². The molecule has 1 aromatic carbocycles. The molecule has 1 heterocycles. The van der Waals surface area contributed by atoms with Gasteiger partial charge in [0.2, 0.25) is 5.91 Å². The molecule has 0 aromatic heterocycles. The Morgan fingerprint density at radius 3 is 2.85 bits per heavy atom. The van der Waals surface area contributed by atoms with Crippen LogP contribution >= 0.6 is 0 Å². The maximum atomic E-state index is 12.2. The maximum Gasteiger partial charge on any atom is 0.234 e. The average molecular weight is 275 g/mol. The zero-order valence-corrected chi connectivity index (χ0v) is 12.4. The number of likely N-dealkylation sites (tertiary alicyclic amines) is 1. The summed E-state index contributed by atoms with van der Waals surface area (Å²) in [5.41, 5.74) is 1.15. The van der Waals surface area contributed by atoms with Crippen molar-refractivity contribution in [1.29, 1.82) is 0 Å². The molecule has 1 aliphatic rings. The summed E-state index contributed by atoms with van der Waals surface area (Å²) in [7, 11) is 1.97. The van der Waals surface area contributed by atoms with Gasteiger partial charge in [-0.25, -0.2) is 0 Å². The van der Waals surface area contributed by atoms with Gasteiger partial charge in [0, 0.05) is 12.6 Å². The van der Waals surface area contributed by atoms with Crippen molar-refractivity contribution >= 4 is 5.91 Å². The molecule has 1 fully saturated rings. The van der Waals surface area contributed by atoms with E-state index in [0.717, 1.165) is 18.7 Å². The molecule has 2 atom stereocenters. The number of hydrogen-bond donors (Lipinski definition) is 2. The molecule has 0 radical (unpaired) electrons. The summed E-state index contributed by atoms with van der Waals surface area (Å²) in [5, 5.41) is 6.29. The van der Waals surface area contributed by atoms with Crippen LogP contribution in [-0.4, -0.2) is 43.5 Å². The third kappa shape index (κ3) is 4.05. The molecule has 1 aromatic rings. The van der Waals surface area contributed by atoms with Crippen molar-refractivity contribution in [3.8, 4) is 0 Å². The minimum absolute atomic E-state index is 0.0639. The molecule has 110 valence electrons. The van der Waals surface area contributed by atoms with Crippen molar-refractivity contribution in [3.05, 3.63) is 35.9 Å². The van der Waals surface area contributed by atoms with E-state index in [1.54, 1.807) is 0 Å². The number of nitrogens with zero attached hydrogens (tertiary/aromatic N) is 1. The monoisotopic (exact) mass is 275 g/mol. The van der Waals surface area contributed by atoms with Crippen LogP contribution < -0.4 is 10.6 Å². The molecule has 0 bridgehead atoms. The lowest BCUT2D eigenvalue weighted by Crippen LogP contribution is -2.43. The number of amides is 1. The third-order valence-electron chi connectivity index (χ3n) is 3.96. The fourth-order valence-electron chi connectivity index (χ4n) is 2.87. The normalized spacial score (nSPS) is 20.8. The Balaban J connectivity index is 1.83. The second-order valence-corrected chi connectivity index (χ2v) is 5.52. The van der Waals surface area contributed by atoms with Gasteiger partial charge in [0.1, 0.15) is 0 Å². The maximum absolute atomic E-state index is 12.2. The summed E-state index contributed by atoms with van der Waals surface area (Å²) >= 11 is 0. The second-order valence-electron chi connectivity index (χ2n) is 5.52. The van der Waals surface area contributed by atoms with Crippen LogP contribution in [0.3, 0.4) is 0 Å². The van der Waals surface area contributed by atoms with Gasteiger partial charge in [-0.2, -0.15) is 0 Å². The minimum atomic E-state index is 0.0639. The SMILES string of the molecule is CNCC1CCCN1CC(=O)NC(C)c1ccccc1. The van der Waals surface area contributed by atoms with Gasteiger partial charge in [0.15, 0.2) is 0 Å². The van der Waals surface area contributed by atoms with E-state index in [1.165, 1.54) is 12.8 Å². The number of nitrogens with one attached hydrogen (secondary N) is 2. The average Bonchev–Trinajstić information content (AvgIpc) is 2.87. The van der Waals surface area contributed by atoms with Crippen LogP contribution in [0.5, 0.6) is 0 Å². The summed E-state index contributed by atoms with van der Waals surface area (Å²) in [6, 6.07) is 10.6. The van der Waals surface area contributed by atoms with Crippen molar-refractivity contribution < 1.29 is 4.79 Å². The van der Waals surface area contributed by atoms with Crippen LogP contribution in [0.2, 0.25) is 0 Å². The molecule has 1 saturated heterocycles. The van der Waals surface area contributed by atoms with Crippen molar-refractivity contribution in [2.75, 3.05) is 26.7 Å². The highest BCUT2D eigenvalue weighted by Gasteiger charge is 2.25. The molecule has 2 rings (SSSR count). The molecule has 0 spiro atoms. The fourth-order valence-corrected chi connectivity index (χ4v) is 2.87.